The van der Waals surface area contributed by atoms with Crippen molar-refractivity contribution in [1.29, 1.82) is 0 Å². The molecular formula is C9H14F4N2O. The summed E-state index contributed by atoms with van der Waals surface area (Å²) in [4.78, 5) is 12.3. The number of likely N-dealkylation sites (N-methyl/N-ethyl adjacent to an activating group) is 1. The molecule has 1 saturated heterocycles. The molecule has 0 spiro atoms. The molecule has 0 saturated carbocycles. The Labute approximate surface area is 90.8 Å². The number of carbonyl (C=O) groups excluding carboxylic acids is 1. The van der Waals surface area contributed by atoms with Gasteiger partial charge in [-0.15, -0.1) is 0 Å². The Morgan fingerprint density at radius 3 is 2.69 bits per heavy atom. The van der Waals surface area contributed by atoms with Crippen molar-refractivity contribution in [3.05, 3.63) is 0 Å². The molecule has 0 bridgehead atoms. The number of likely N-dealkylation sites (tertiary alicyclic amines) is 1. The number of piperidine rings is 1. The highest BCUT2D eigenvalue weighted by molar-refractivity contribution is 5.82. The van der Waals surface area contributed by atoms with Gasteiger partial charge in [0.25, 0.3) is 0 Å². The van der Waals surface area contributed by atoms with Crippen LogP contribution in [0.25, 0.3) is 0 Å². The second-order valence-corrected chi connectivity index (χ2v) is 3.81. The highest BCUT2D eigenvalue weighted by Crippen LogP contribution is 2.25. The molecule has 1 N–H and O–H groups in total. The van der Waals surface area contributed by atoms with Gasteiger partial charge in [0.1, 0.15) is 0 Å². The molecule has 0 radical (unpaired) electrons. The summed E-state index contributed by atoms with van der Waals surface area (Å²) in [7, 11) is 1.54. The quantitative estimate of drug-likeness (QED) is 0.749. The number of nitrogens with zero attached hydrogens (tertiary/aromatic N) is 1. The van der Waals surface area contributed by atoms with Crippen LogP contribution in [0, 0.1) is 0 Å². The second-order valence-electron chi connectivity index (χ2n) is 3.81. The molecular weight excluding hydrogens is 228 g/mol. The van der Waals surface area contributed by atoms with Gasteiger partial charge in [-0.05, 0) is 19.9 Å². The lowest BCUT2D eigenvalue weighted by molar-refractivity contribution is -0.160. The van der Waals surface area contributed by atoms with E-state index < -0.39 is 30.8 Å². The van der Waals surface area contributed by atoms with Crippen molar-refractivity contribution in [2.45, 2.75) is 31.2 Å². The van der Waals surface area contributed by atoms with Gasteiger partial charge in [0.15, 0.2) is 0 Å². The van der Waals surface area contributed by atoms with E-state index in [0.717, 1.165) is 4.90 Å². The van der Waals surface area contributed by atoms with Crippen molar-refractivity contribution in [1.82, 2.24) is 10.2 Å². The highest BCUT2D eigenvalue weighted by Gasteiger charge is 2.44. The fraction of sp³-hybridized carbons (Fsp3) is 0.889. The van der Waals surface area contributed by atoms with Crippen LogP contribution >= 0.6 is 0 Å². The first kappa shape index (κ1) is 13.2. The van der Waals surface area contributed by atoms with Crippen molar-refractivity contribution in [3.8, 4) is 0 Å². The maximum absolute atomic E-state index is 12.8. The lowest BCUT2D eigenvalue weighted by Gasteiger charge is -2.34. The third-order valence-electron chi connectivity index (χ3n) is 2.60. The van der Waals surface area contributed by atoms with Gasteiger partial charge in [0.2, 0.25) is 5.91 Å². The van der Waals surface area contributed by atoms with Gasteiger partial charge in [-0.25, -0.2) is 8.78 Å². The van der Waals surface area contributed by atoms with E-state index in [1.54, 1.807) is 0 Å². The lowest BCUT2D eigenvalue weighted by atomic mass is 10.0. The topological polar surface area (TPSA) is 32.3 Å². The summed E-state index contributed by atoms with van der Waals surface area (Å²) in [5.41, 5.74) is 0. The zero-order chi connectivity index (χ0) is 12.3. The zero-order valence-corrected chi connectivity index (χ0v) is 8.85. The Morgan fingerprint density at radius 1 is 1.56 bits per heavy atom. The van der Waals surface area contributed by atoms with Gasteiger partial charge in [-0.1, -0.05) is 0 Å². The number of hydrogen-bond acceptors (Lipinski definition) is 2. The van der Waals surface area contributed by atoms with Crippen molar-refractivity contribution in [3.63, 3.8) is 0 Å². The molecule has 1 aliphatic heterocycles. The third kappa shape index (κ3) is 2.84. The van der Waals surface area contributed by atoms with Crippen molar-refractivity contribution in [2.24, 2.45) is 0 Å². The van der Waals surface area contributed by atoms with Gasteiger partial charge in [0.05, 0.1) is 12.6 Å². The van der Waals surface area contributed by atoms with Gasteiger partial charge in [-0.2, -0.15) is 8.78 Å². The Bertz CT molecular complexity index is 260. The molecule has 94 valence electrons. The number of hydrogen-bond donors (Lipinski definition) is 1. The summed E-state index contributed by atoms with van der Waals surface area (Å²) in [5.74, 6) is -4.67. The van der Waals surface area contributed by atoms with Crippen LogP contribution in [0.5, 0.6) is 0 Å². The molecule has 1 unspecified atom stereocenters. The van der Waals surface area contributed by atoms with Crippen LogP contribution in [0.2, 0.25) is 0 Å². The number of halogens is 4. The average molecular weight is 242 g/mol. The Kier molecular flexibility index (Phi) is 4.12. The second kappa shape index (κ2) is 4.99. The molecule has 1 atom stereocenters. The van der Waals surface area contributed by atoms with Crippen LogP contribution < -0.4 is 5.32 Å². The first-order valence-electron chi connectivity index (χ1n) is 5.00. The number of rotatable bonds is 4. The zero-order valence-electron chi connectivity index (χ0n) is 8.85. The largest absolute Gasteiger partial charge is 0.335 e. The van der Waals surface area contributed by atoms with Crippen LogP contribution in [0.4, 0.5) is 17.6 Å². The van der Waals surface area contributed by atoms with Crippen LogP contribution in [0.3, 0.4) is 0 Å². The summed E-state index contributed by atoms with van der Waals surface area (Å²) in [5, 5.41) is 2.68. The maximum atomic E-state index is 12.8. The molecule has 1 aliphatic rings. The summed E-state index contributed by atoms with van der Waals surface area (Å²) in [6.07, 6.45) is -2.65. The predicted octanol–water partition coefficient (Wildman–Crippen LogP) is 1.10. The van der Waals surface area contributed by atoms with E-state index in [0.29, 0.717) is 12.8 Å². The monoisotopic (exact) mass is 242 g/mol. The molecule has 7 heteroatoms. The van der Waals surface area contributed by atoms with E-state index in [9.17, 15) is 22.4 Å². The summed E-state index contributed by atoms with van der Waals surface area (Å²) < 4.78 is 49.5. The first-order chi connectivity index (χ1) is 7.38. The van der Waals surface area contributed by atoms with Crippen LogP contribution in [0.15, 0.2) is 0 Å². The van der Waals surface area contributed by atoms with E-state index in [1.165, 1.54) is 7.05 Å². The molecule has 0 aromatic heterocycles. The Morgan fingerprint density at radius 2 is 2.19 bits per heavy atom. The van der Waals surface area contributed by atoms with E-state index in [2.05, 4.69) is 5.32 Å². The smallest absolute Gasteiger partial charge is 0.324 e. The summed E-state index contributed by atoms with van der Waals surface area (Å²) in [6, 6.07) is -0.540. The van der Waals surface area contributed by atoms with E-state index >= 15 is 0 Å². The molecule has 1 heterocycles. The number of amides is 1. The van der Waals surface area contributed by atoms with Gasteiger partial charge in [0, 0.05) is 6.54 Å². The highest BCUT2D eigenvalue weighted by atomic mass is 19.3. The van der Waals surface area contributed by atoms with Gasteiger partial charge < -0.3 is 10.2 Å². The van der Waals surface area contributed by atoms with Crippen molar-refractivity contribution in [2.75, 3.05) is 20.1 Å². The van der Waals surface area contributed by atoms with Crippen molar-refractivity contribution < 1.29 is 22.4 Å². The molecule has 1 amide bonds. The van der Waals surface area contributed by atoms with Gasteiger partial charge in [-0.3, -0.25) is 4.79 Å². The van der Waals surface area contributed by atoms with Crippen LogP contribution in [-0.4, -0.2) is 49.3 Å². The number of nitrogens with one attached hydrogen (secondary N) is 1. The van der Waals surface area contributed by atoms with E-state index in [4.69, 9.17) is 0 Å². The first-order valence-corrected chi connectivity index (χ1v) is 5.00. The van der Waals surface area contributed by atoms with Gasteiger partial charge >= 0.3 is 12.3 Å². The molecule has 1 fully saturated rings. The normalized spacial score (nSPS) is 23.0. The Balaban J connectivity index is 2.63. The van der Waals surface area contributed by atoms with Crippen molar-refractivity contribution >= 4 is 5.91 Å². The molecule has 0 aliphatic carbocycles. The summed E-state index contributed by atoms with van der Waals surface area (Å²) >= 11 is 0. The summed E-state index contributed by atoms with van der Waals surface area (Å²) in [6.45, 7) is -1.10. The van der Waals surface area contributed by atoms with Crippen LogP contribution in [0.1, 0.15) is 12.8 Å². The molecule has 0 aromatic rings. The van der Waals surface area contributed by atoms with Crippen LogP contribution in [-0.2, 0) is 4.79 Å². The average Bonchev–Trinajstić information content (AvgIpc) is 2.20. The minimum absolute atomic E-state index is 0.110. The minimum Gasteiger partial charge on any atom is -0.335 e. The Hall–Kier alpha value is -0.850. The molecule has 16 heavy (non-hydrogen) atoms. The molecule has 1 rings (SSSR count). The number of alkyl halides is 4. The predicted molar refractivity (Wildman–Crippen MR) is 49.6 cm³/mol. The standard InChI is InChI=1S/C9H14F4N2O/c1-14-6-3-2-4-15(7(6)16)5-9(12,13)8(10)11/h6,8,14H,2-5H2,1H3. The number of carbonyl (C=O) groups is 1. The SMILES string of the molecule is CNC1CCCN(CC(F)(F)C(F)F)C1=O. The maximum Gasteiger partial charge on any atom is 0.324 e. The minimum atomic E-state index is -4.13. The van der Waals surface area contributed by atoms with E-state index in [-0.39, 0.29) is 6.54 Å². The fourth-order valence-corrected chi connectivity index (χ4v) is 1.69. The lowest BCUT2D eigenvalue weighted by Crippen LogP contribution is -2.54. The van der Waals surface area contributed by atoms with E-state index in [1.807, 2.05) is 0 Å². The fourth-order valence-electron chi connectivity index (χ4n) is 1.69. The molecule has 0 aromatic carbocycles. The molecule has 3 nitrogen and oxygen atoms in total. The third-order valence-corrected chi connectivity index (χ3v) is 2.60.